The number of halogens is 1. The first-order chi connectivity index (χ1) is 7.29. The Balaban J connectivity index is 2.32. The second-order valence-electron chi connectivity index (χ2n) is 2.61. The quantitative estimate of drug-likeness (QED) is 0.773. The summed E-state index contributed by atoms with van der Waals surface area (Å²) in [6.45, 7) is 0. The van der Waals surface area contributed by atoms with Crippen molar-refractivity contribution < 1.29 is 9.18 Å². The maximum Gasteiger partial charge on any atom is 0.174 e. The highest BCUT2D eigenvalue weighted by atomic mass is 32.2. The van der Waals surface area contributed by atoms with E-state index in [1.165, 1.54) is 41.8 Å². The molecule has 0 aliphatic rings. The van der Waals surface area contributed by atoms with Gasteiger partial charge >= 0.3 is 0 Å². The van der Waals surface area contributed by atoms with Crippen molar-refractivity contribution in [2.45, 2.75) is 9.24 Å². The monoisotopic (exact) mass is 240 g/mol. The summed E-state index contributed by atoms with van der Waals surface area (Å²) in [7, 11) is 0. The van der Waals surface area contributed by atoms with Crippen LogP contribution in [0.25, 0.3) is 0 Å². The molecule has 1 aromatic heterocycles. The maximum atomic E-state index is 12.8. The van der Waals surface area contributed by atoms with E-state index in [1.54, 1.807) is 6.07 Å². The zero-order chi connectivity index (χ0) is 10.7. The molecule has 0 bridgehead atoms. The van der Waals surface area contributed by atoms with E-state index in [0.717, 1.165) is 4.34 Å². The number of aldehydes is 1. The van der Waals surface area contributed by atoms with Crippen LogP contribution in [-0.4, -0.2) is 15.6 Å². The molecule has 0 saturated carbocycles. The van der Waals surface area contributed by atoms with Crippen molar-refractivity contribution in [3.05, 3.63) is 35.9 Å². The van der Waals surface area contributed by atoms with Crippen molar-refractivity contribution >= 4 is 29.6 Å². The molecule has 0 radical (unpaired) electrons. The zero-order valence-corrected chi connectivity index (χ0v) is 9.02. The zero-order valence-electron chi connectivity index (χ0n) is 7.38. The SMILES string of the molecule is O=Cc1cc(F)ccc1Sc1ncns1. The fourth-order valence-electron chi connectivity index (χ4n) is 1.01. The van der Waals surface area contributed by atoms with Gasteiger partial charge in [0, 0.05) is 10.5 Å². The maximum absolute atomic E-state index is 12.8. The van der Waals surface area contributed by atoms with Crippen molar-refractivity contribution in [3.8, 4) is 0 Å². The van der Waals surface area contributed by atoms with Crippen LogP contribution in [0.1, 0.15) is 10.4 Å². The number of hydrogen-bond donors (Lipinski definition) is 0. The standard InChI is InChI=1S/C9H5FN2OS2/c10-7-1-2-8(6(3-7)4-13)14-9-11-5-12-15-9/h1-5H. The molecule has 0 spiro atoms. The third-order valence-corrected chi connectivity index (χ3v) is 3.44. The number of carbonyl (C=O) groups excluding carboxylic acids is 1. The molecular formula is C9H5FN2OS2. The molecule has 0 amide bonds. The molecule has 15 heavy (non-hydrogen) atoms. The summed E-state index contributed by atoms with van der Waals surface area (Å²) in [6.07, 6.45) is 2.07. The van der Waals surface area contributed by atoms with Gasteiger partial charge in [0.25, 0.3) is 0 Å². The van der Waals surface area contributed by atoms with Crippen LogP contribution in [0.3, 0.4) is 0 Å². The summed E-state index contributed by atoms with van der Waals surface area (Å²) < 4.78 is 17.4. The molecule has 1 heterocycles. The molecule has 76 valence electrons. The Morgan fingerprint density at radius 1 is 1.47 bits per heavy atom. The van der Waals surface area contributed by atoms with Crippen LogP contribution in [0, 0.1) is 5.82 Å². The summed E-state index contributed by atoms with van der Waals surface area (Å²) in [5.41, 5.74) is 0.329. The second kappa shape index (κ2) is 4.50. The Bertz CT molecular complexity index is 473. The van der Waals surface area contributed by atoms with Crippen LogP contribution in [0.5, 0.6) is 0 Å². The lowest BCUT2D eigenvalue weighted by atomic mass is 10.2. The van der Waals surface area contributed by atoms with E-state index in [0.29, 0.717) is 16.7 Å². The third-order valence-electron chi connectivity index (χ3n) is 1.64. The van der Waals surface area contributed by atoms with E-state index >= 15 is 0 Å². The van der Waals surface area contributed by atoms with Crippen molar-refractivity contribution in [2.24, 2.45) is 0 Å². The number of carbonyl (C=O) groups is 1. The number of rotatable bonds is 3. The highest BCUT2D eigenvalue weighted by Gasteiger charge is 2.07. The minimum absolute atomic E-state index is 0.329. The van der Waals surface area contributed by atoms with Crippen LogP contribution in [0.15, 0.2) is 33.8 Å². The van der Waals surface area contributed by atoms with E-state index in [4.69, 9.17) is 0 Å². The molecule has 1 aromatic carbocycles. The lowest BCUT2D eigenvalue weighted by Crippen LogP contribution is -1.86. The van der Waals surface area contributed by atoms with Crippen molar-refractivity contribution in [1.29, 1.82) is 0 Å². The second-order valence-corrected chi connectivity index (χ2v) is 4.68. The Hall–Kier alpha value is -1.27. The molecule has 2 rings (SSSR count). The molecule has 0 fully saturated rings. The van der Waals surface area contributed by atoms with Gasteiger partial charge in [0.2, 0.25) is 0 Å². The van der Waals surface area contributed by atoms with Gasteiger partial charge in [-0.3, -0.25) is 4.79 Å². The van der Waals surface area contributed by atoms with E-state index in [9.17, 15) is 9.18 Å². The fourth-order valence-corrected chi connectivity index (χ4v) is 2.48. The smallest absolute Gasteiger partial charge is 0.174 e. The summed E-state index contributed by atoms with van der Waals surface area (Å²) in [5.74, 6) is -0.418. The fraction of sp³-hybridized carbons (Fsp3) is 0. The van der Waals surface area contributed by atoms with Gasteiger partial charge in [0.15, 0.2) is 10.6 Å². The topological polar surface area (TPSA) is 42.9 Å². The minimum Gasteiger partial charge on any atom is -0.298 e. The summed E-state index contributed by atoms with van der Waals surface area (Å²) in [4.78, 5) is 15.3. The minimum atomic E-state index is -0.418. The van der Waals surface area contributed by atoms with Crippen molar-refractivity contribution in [2.75, 3.05) is 0 Å². The first-order valence-corrected chi connectivity index (χ1v) is 5.58. The largest absolute Gasteiger partial charge is 0.298 e. The van der Waals surface area contributed by atoms with Gasteiger partial charge in [-0.15, -0.1) is 0 Å². The number of nitrogens with zero attached hydrogens (tertiary/aromatic N) is 2. The number of benzene rings is 1. The van der Waals surface area contributed by atoms with Crippen LogP contribution >= 0.6 is 23.3 Å². The Morgan fingerprint density at radius 2 is 2.33 bits per heavy atom. The Kier molecular flexibility index (Phi) is 3.08. The Morgan fingerprint density at radius 3 is 3.00 bits per heavy atom. The highest BCUT2D eigenvalue weighted by molar-refractivity contribution is 8.01. The van der Waals surface area contributed by atoms with E-state index in [2.05, 4.69) is 9.36 Å². The van der Waals surface area contributed by atoms with Gasteiger partial charge in [0.1, 0.15) is 12.1 Å². The van der Waals surface area contributed by atoms with Crippen LogP contribution in [0.4, 0.5) is 4.39 Å². The molecule has 3 nitrogen and oxygen atoms in total. The normalized spacial score (nSPS) is 10.2. The van der Waals surface area contributed by atoms with E-state index < -0.39 is 5.82 Å². The van der Waals surface area contributed by atoms with Gasteiger partial charge in [-0.25, -0.2) is 9.37 Å². The molecule has 0 atom stereocenters. The first kappa shape index (κ1) is 10.3. The van der Waals surface area contributed by atoms with Gasteiger partial charge in [-0.1, -0.05) is 11.8 Å². The van der Waals surface area contributed by atoms with Gasteiger partial charge in [0.05, 0.1) is 0 Å². The number of hydrogen-bond acceptors (Lipinski definition) is 5. The first-order valence-electron chi connectivity index (χ1n) is 3.99. The molecule has 0 N–H and O–H groups in total. The average Bonchev–Trinajstić information content (AvgIpc) is 2.73. The predicted octanol–water partition coefficient (Wildman–Crippen LogP) is 2.64. The van der Waals surface area contributed by atoms with Crippen molar-refractivity contribution in [1.82, 2.24) is 9.36 Å². The molecule has 6 heteroatoms. The summed E-state index contributed by atoms with van der Waals surface area (Å²) >= 11 is 2.53. The van der Waals surface area contributed by atoms with Gasteiger partial charge < -0.3 is 0 Å². The van der Waals surface area contributed by atoms with Crippen LogP contribution < -0.4 is 0 Å². The Labute approximate surface area is 93.5 Å². The van der Waals surface area contributed by atoms with Gasteiger partial charge in [-0.2, -0.15) is 4.37 Å². The predicted molar refractivity (Wildman–Crippen MR) is 55.8 cm³/mol. The molecule has 0 aliphatic heterocycles. The van der Waals surface area contributed by atoms with E-state index in [-0.39, 0.29) is 0 Å². The summed E-state index contributed by atoms with van der Waals surface area (Å²) in [5, 5.41) is 0. The summed E-state index contributed by atoms with van der Waals surface area (Å²) in [6, 6.07) is 4.08. The van der Waals surface area contributed by atoms with Crippen LogP contribution in [-0.2, 0) is 0 Å². The van der Waals surface area contributed by atoms with Crippen molar-refractivity contribution in [3.63, 3.8) is 0 Å². The lowest BCUT2D eigenvalue weighted by Gasteiger charge is -2.00. The van der Waals surface area contributed by atoms with Crippen LogP contribution in [0.2, 0.25) is 0 Å². The molecule has 0 aliphatic carbocycles. The lowest BCUT2D eigenvalue weighted by molar-refractivity contribution is 0.112. The highest BCUT2D eigenvalue weighted by Crippen LogP contribution is 2.30. The van der Waals surface area contributed by atoms with E-state index in [1.807, 2.05) is 0 Å². The molecule has 0 unspecified atom stereocenters. The molecule has 2 aromatic rings. The molecular weight excluding hydrogens is 235 g/mol. The number of aromatic nitrogens is 2. The molecule has 0 saturated heterocycles. The average molecular weight is 240 g/mol. The van der Waals surface area contributed by atoms with Gasteiger partial charge in [-0.05, 0) is 29.7 Å². The third kappa shape index (κ3) is 2.40.